The maximum Gasteiger partial charge on any atom is 0.352 e. The van der Waals surface area contributed by atoms with Gasteiger partial charge in [0.15, 0.2) is 28.6 Å². The highest BCUT2D eigenvalue weighted by Crippen LogP contribution is 2.46. The van der Waals surface area contributed by atoms with E-state index in [1.54, 1.807) is 51.7 Å². The monoisotopic (exact) mass is 1230 g/mol. The quantitative estimate of drug-likeness (QED) is 0.102. The highest BCUT2D eigenvalue weighted by atomic mass is 32.2. The number of esters is 2. The summed E-state index contributed by atoms with van der Waals surface area (Å²) in [4.78, 5) is 73.6. The Labute approximate surface area is 513 Å². The van der Waals surface area contributed by atoms with Crippen LogP contribution < -0.4 is 25.2 Å². The fourth-order valence-corrected chi connectivity index (χ4v) is 16.6. The summed E-state index contributed by atoms with van der Waals surface area (Å²) in [6.45, 7) is 5.34. The van der Waals surface area contributed by atoms with Gasteiger partial charge in [-0.15, -0.1) is 11.3 Å². The number of hydrogen-bond acceptors (Lipinski definition) is 15. The second-order valence-corrected chi connectivity index (χ2v) is 27.8. The summed E-state index contributed by atoms with van der Waals surface area (Å²) in [6.07, 6.45) is 20.9. The van der Waals surface area contributed by atoms with Gasteiger partial charge in [-0.3, -0.25) is 24.6 Å². The lowest BCUT2D eigenvalue weighted by Gasteiger charge is -2.45. The Morgan fingerprint density at radius 2 is 1.41 bits per heavy atom. The topological polar surface area (TPSA) is 207 Å². The lowest BCUT2D eigenvalue weighted by atomic mass is 9.85. The molecule has 3 saturated heterocycles. The predicted octanol–water partition coefficient (Wildman–Crippen LogP) is 13.5. The van der Waals surface area contributed by atoms with Crippen LogP contribution in [0.15, 0.2) is 77.2 Å². The predicted molar refractivity (Wildman–Crippen MR) is 336 cm³/mol. The summed E-state index contributed by atoms with van der Waals surface area (Å²) in [6, 6.07) is 21.9. The van der Waals surface area contributed by atoms with Crippen LogP contribution in [0.25, 0.3) is 32.3 Å². The van der Waals surface area contributed by atoms with Gasteiger partial charge in [0.2, 0.25) is 21.8 Å². The minimum absolute atomic E-state index is 0.0547. The summed E-state index contributed by atoms with van der Waals surface area (Å²) < 4.78 is 70.2. The molecule has 0 saturated carbocycles. The van der Waals surface area contributed by atoms with Crippen LogP contribution >= 0.6 is 11.3 Å². The van der Waals surface area contributed by atoms with E-state index in [1.165, 1.54) is 57.8 Å². The normalized spacial score (nSPS) is 21.7. The Kier molecular flexibility index (Phi) is 19.6. The Bertz CT molecular complexity index is 3610. The number of aromatic nitrogens is 1. The first-order chi connectivity index (χ1) is 42.1. The van der Waals surface area contributed by atoms with Crippen LogP contribution in [0.3, 0.4) is 0 Å². The number of nitrogens with one attached hydrogen (secondary N) is 2. The largest absolute Gasteiger partial charge is 0.477 e. The van der Waals surface area contributed by atoms with Crippen LogP contribution in [-0.2, 0) is 39.6 Å². The molecule has 0 aliphatic carbocycles. The summed E-state index contributed by atoms with van der Waals surface area (Å²) >= 11 is 0.924. The fourth-order valence-electron chi connectivity index (χ4n) is 13.6. The molecule has 87 heavy (non-hydrogen) atoms. The lowest BCUT2D eigenvalue weighted by molar-refractivity contribution is -0.146. The third-order valence-electron chi connectivity index (χ3n) is 18.1. The number of benzene rings is 4. The van der Waals surface area contributed by atoms with E-state index in [0.29, 0.717) is 77.5 Å². The van der Waals surface area contributed by atoms with Crippen LogP contribution in [0.1, 0.15) is 192 Å². The molecule has 5 aliphatic rings. The molecule has 0 bridgehead atoms. The number of piperidine rings is 3. The third-order valence-corrected chi connectivity index (χ3v) is 21.3. The summed E-state index contributed by atoms with van der Waals surface area (Å²) in [5.41, 5.74) is 4.52. The Balaban J connectivity index is 0.699. The number of rotatable bonds is 9. The van der Waals surface area contributed by atoms with Crippen LogP contribution in [0.2, 0.25) is 0 Å². The zero-order chi connectivity index (χ0) is 60.7. The Morgan fingerprint density at radius 3 is 2.10 bits per heavy atom. The Morgan fingerprint density at radius 1 is 0.736 bits per heavy atom. The number of carbonyl (C=O) groups excluding carboxylic acids is 5. The average Bonchev–Trinajstić information content (AvgIpc) is 2.58. The summed E-state index contributed by atoms with van der Waals surface area (Å²) in [7, 11) is -3.82. The van der Waals surface area contributed by atoms with E-state index in [-0.39, 0.29) is 77.6 Å². The second kappa shape index (κ2) is 27.6. The Hall–Kier alpha value is -6.90. The van der Waals surface area contributed by atoms with Gasteiger partial charge in [-0.1, -0.05) is 126 Å². The van der Waals surface area contributed by atoms with Crippen molar-refractivity contribution >= 4 is 90.3 Å². The number of imide groups is 1. The minimum atomic E-state index is -3.82. The average molecular weight is 1230 g/mol. The maximum absolute atomic E-state index is 16.6. The zero-order valence-corrected chi connectivity index (χ0v) is 51.8. The molecule has 464 valence electrons. The molecule has 2 atom stereocenters. The second-order valence-electron chi connectivity index (χ2n) is 24.9. The van der Waals surface area contributed by atoms with Gasteiger partial charge in [0, 0.05) is 54.3 Å². The number of carbonyl (C=O) groups is 5. The molecule has 7 heterocycles. The number of nitrogens with zero attached hydrogens (tertiary/aromatic N) is 4. The lowest BCUT2D eigenvalue weighted by Crippen LogP contribution is -2.55. The zero-order valence-electron chi connectivity index (χ0n) is 50.1. The molecule has 20 heteroatoms. The molecule has 4 aromatic carbocycles. The van der Waals surface area contributed by atoms with E-state index in [4.69, 9.17) is 23.6 Å². The number of thiophene rings is 1. The molecular formula is C67H81FN6O11S2. The van der Waals surface area contributed by atoms with Gasteiger partial charge in [-0.05, 0) is 123 Å². The SMILES string of the molecule is CC1(C)CC(Nc2cccc(-c3sc4c(c3F)OCC(=O)OCCCCCCCCCCCCCCCCCCOC4=O)c2)CCN1S(=O)(=O)Cc1ccc2nc(N3CCC(c4ccc5c6c(cccc46)C(=O)N5C4CCC(=O)NC4=O)CC3)oc2c1. The van der Waals surface area contributed by atoms with Crippen molar-refractivity contribution < 1.29 is 55.4 Å². The molecule has 2 aromatic heterocycles. The highest BCUT2D eigenvalue weighted by molar-refractivity contribution is 7.88. The van der Waals surface area contributed by atoms with Crippen LogP contribution in [0.4, 0.5) is 21.8 Å². The molecule has 0 spiro atoms. The fraction of sp³-hybridized carbons (Fsp3) is 0.522. The number of cyclic esters (lactones) is 2. The van der Waals surface area contributed by atoms with Gasteiger partial charge in [-0.2, -0.15) is 9.29 Å². The first-order valence-electron chi connectivity index (χ1n) is 31.6. The van der Waals surface area contributed by atoms with Crippen molar-refractivity contribution in [1.82, 2.24) is 14.6 Å². The van der Waals surface area contributed by atoms with E-state index in [1.807, 2.05) is 38.1 Å². The van der Waals surface area contributed by atoms with Gasteiger partial charge in [0.1, 0.15) is 11.6 Å². The van der Waals surface area contributed by atoms with Gasteiger partial charge in [-0.25, -0.2) is 22.4 Å². The first kappa shape index (κ1) is 61.7. The van der Waals surface area contributed by atoms with Crippen molar-refractivity contribution in [2.24, 2.45) is 0 Å². The molecule has 2 unspecified atom stereocenters. The minimum Gasteiger partial charge on any atom is -0.477 e. The van der Waals surface area contributed by atoms with Crippen LogP contribution in [-0.4, -0.2) is 104 Å². The number of fused-ring (bicyclic) bond motifs is 2. The van der Waals surface area contributed by atoms with Gasteiger partial charge in [0.05, 0.1) is 29.5 Å². The number of amides is 3. The summed E-state index contributed by atoms with van der Waals surface area (Å²) in [5, 5.41) is 7.79. The molecule has 3 fully saturated rings. The van der Waals surface area contributed by atoms with E-state index < -0.39 is 51.9 Å². The smallest absolute Gasteiger partial charge is 0.352 e. The standard InChI is InChI=1S/C67H81FN6O11S2/c1-67(2)41-48(69-47-22-19-21-46(40-47)61-59(68)60-62(86-61)65(79)83-38-18-16-14-12-10-8-6-4-3-5-7-9-11-13-15-17-37-82-57(76)42-84-60)33-36-73(67)87(80,81)43-44-25-27-52-55(39-44)85-66(70-52)72-34-31-45(32-35-72)49-26-28-53-58-50(49)23-20-24-51(58)64(78)74(53)54-29-30-56(75)71-63(54)77/h19-28,39-40,45,48,54,69H,3-18,29-38,41-43H2,1-2H3,(H,71,75,77). The molecule has 5 aliphatic heterocycles. The van der Waals surface area contributed by atoms with Gasteiger partial charge >= 0.3 is 11.9 Å². The first-order valence-corrected chi connectivity index (χ1v) is 34.1. The number of hydrogen-bond donors (Lipinski definition) is 2. The summed E-state index contributed by atoms with van der Waals surface area (Å²) in [5.74, 6) is -3.49. The van der Waals surface area contributed by atoms with E-state index in [2.05, 4.69) is 21.6 Å². The molecular weight excluding hydrogens is 1150 g/mol. The number of anilines is 3. The van der Waals surface area contributed by atoms with Crippen molar-refractivity contribution in [3.63, 3.8) is 0 Å². The van der Waals surface area contributed by atoms with Gasteiger partial charge < -0.3 is 28.8 Å². The number of halogens is 1. The number of oxazole rings is 1. The van der Waals surface area contributed by atoms with E-state index in [9.17, 15) is 32.4 Å². The number of ether oxygens (including phenoxy) is 3. The third kappa shape index (κ3) is 14.3. The molecule has 2 N–H and O–H groups in total. The van der Waals surface area contributed by atoms with Crippen molar-refractivity contribution in [2.45, 2.75) is 184 Å². The molecule has 3 amide bonds. The molecule has 0 radical (unpaired) electrons. The maximum atomic E-state index is 16.6. The van der Waals surface area contributed by atoms with Gasteiger partial charge in [0.25, 0.3) is 11.9 Å². The van der Waals surface area contributed by atoms with Crippen LogP contribution in [0, 0.1) is 5.82 Å². The molecule has 11 rings (SSSR count). The van der Waals surface area contributed by atoms with Crippen molar-refractivity contribution in [1.29, 1.82) is 0 Å². The highest BCUT2D eigenvalue weighted by Gasteiger charge is 2.43. The molecule has 6 aromatic rings. The number of sulfonamides is 1. The van der Waals surface area contributed by atoms with Crippen molar-refractivity contribution in [2.75, 3.05) is 54.6 Å². The van der Waals surface area contributed by atoms with E-state index in [0.717, 1.165) is 79.0 Å². The molecule has 17 nitrogen and oxygen atoms in total. The van der Waals surface area contributed by atoms with E-state index >= 15 is 4.39 Å². The van der Waals surface area contributed by atoms with Crippen molar-refractivity contribution in [3.05, 3.63) is 100 Å². The van der Waals surface area contributed by atoms with Crippen LogP contribution in [0.5, 0.6) is 5.75 Å². The van der Waals surface area contributed by atoms with Crippen molar-refractivity contribution in [3.8, 4) is 16.2 Å².